The molecule has 0 atom stereocenters. The third-order valence-corrected chi connectivity index (χ3v) is 7.11. The molecule has 5 heteroatoms. The summed E-state index contributed by atoms with van der Waals surface area (Å²) in [7, 11) is 0. The number of pyridine rings is 3. The van der Waals surface area contributed by atoms with Gasteiger partial charge < -0.3 is 4.42 Å². The van der Waals surface area contributed by atoms with Gasteiger partial charge in [-0.2, -0.15) is 0 Å². The number of nitrogens with zero attached hydrogens (tertiary/aromatic N) is 3. The number of aryl methyl sites for hydroxylation is 1. The van der Waals surface area contributed by atoms with E-state index < -0.39 is 0 Å². The van der Waals surface area contributed by atoms with Crippen molar-refractivity contribution in [3.63, 3.8) is 0 Å². The van der Waals surface area contributed by atoms with Gasteiger partial charge in [-0.3, -0.25) is 9.97 Å². The first-order chi connectivity index (χ1) is 19.2. The number of para-hydroxylation sites is 1. The second-order valence-corrected chi connectivity index (χ2v) is 9.69. The summed E-state index contributed by atoms with van der Waals surface area (Å²) in [5.41, 5.74) is 9.24. The number of rotatable bonds is 5. The van der Waals surface area contributed by atoms with Crippen molar-refractivity contribution in [3.8, 4) is 22.5 Å². The van der Waals surface area contributed by atoms with Crippen LogP contribution in [0.15, 0.2) is 132 Å². The molecule has 4 heterocycles. The molecule has 4 aromatic heterocycles. The molecule has 0 radical (unpaired) electrons. The van der Waals surface area contributed by atoms with Gasteiger partial charge >= 0.3 is 0 Å². The van der Waals surface area contributed by atoms with Crippen LogP contribution in [0.4, 0.5) is 0 Å². The Bertz CT molecular complexity index is 1930. The molecule has 0 fully saturated rings. The largest absolute Gasteiger partial charge is 0.437 e. The Morgan fingerprint density at radius 1 is 0.538 bits per heavy atom. The molecule has 0 spiro atoms. The third-order valence-electron chi connectivity index (χ3n) is 7.11. The molecule has 7 rings (SSSR count). The predicted molar refractivity (Wildman–Crippen MR) is 160 cm³/mol. The van der Waals surface area contributed by atoms with Crippen LogP contribution in [0.3, 0.4) is 0 Å². The lowest BCUT2D eigenvalue weighted by Gasteiger charge is -2.16. The first-order valence-corrected chi connectivity index (χ1v) is 13.1. The normalized spacial score (nSPS) is 11.2. The zero-order valence-corrected chi connectivity index (χ0v) is 21.5. The summed E-state index contributed by atoms with van der Waals surface area (Å²) in [4.78, 5) is 14.9. The average Bonchev–Trinajstić information content (AvgIpc) is 3.36. The molecule has 184 valence electrons. The molecule has 0 saturated carbocycles. The van der Waals surface area contributed by atoms with Crippen LogP contribution in [0.5, 0.6) is 0 Å². The van der Waals surface area contributed by atoms with Gasteiger partial charge in [0.1, 0.15) is 5.58 Å². The smallest absolute Gasteiger partial charge is 0.288 e. The zero-order chi connectivity index (χ0) is 26.2. The molecule has 0 unspecified atom stereocenters. The van der Waals surface area contributed by atoms with Gasteiger partial charge in [0.15, 0.2) is 0 Å². The molecule has 7 aromatic rings. The van der Waals surface area contributed by atoms with Gasteiger partial charge in [-0.05, 0) is 49.4 Å². The number of fused-ring (bicyclic) bond motifs is 3. The van der Waals surface area contributed by atoms with E-state index in [-0.39, 0.29) is 6.71 Å². The number of hydrogen-bond acceptors (Lipinski definition) is 4. The Labute approximate surface area is 227 Å². The van der Waals surface area contributed by atoms with Crippen molar-refractivity contribution in [2.45, 2.75) is 6.92 Å². The van der Waals surface area contributed by atoms with Crippen LogP contribution in [-0.2, 0) is 0 Å². The Morgan fingerprint density at radius 2 is 1.21 bits per heavy atom. The van der Waals surface area contributed by atoms with Crippen LogP contribution < -0.4 is 16.6 Å². The molecule has 0 bridgehead atoms. The summed E-state index contributed by atoms with van der Waals surface area (Å²) in [6.07, 6.45) is 0. The lowest BCUT2D eigenvalue weighted by atomic mass is 9.40. The fourth-order valence-corrected chi connectivity index (χ4v) is 5.26. The van der Waals surface area contributed by atoms with E-state index in [0.717, 1.165) is 61.2 Å². The average molecular weight is 501 g/mol. The molecule has 0 aliphatic rings. The van der Waals surface area contributed by atoms with Crippen molar-refractivity contribution in [1.82, 2.24) is 15.0 Å². The summed E-state index contributed by atoms with van der Waals surface area (Å²) < 4.78 is 6.29. The molecule has 4 nitrogen and oxygen atoms in total. The minimum Gasteiger partial charge on any atom is -0.437 e. The summed E-state index contributed by atoms with van der Waals surface area (Å²) in [6, 6.07) is 43.5. The molecule has 0 saturated heterocycles. The molecule has 0 aliphatic carbocycles. The molecule has 0 N–H and O–H groups in total. The first-order valence-electron chi connectivity index (χ1n) is 13.1. The van der Waals surface area contributed by atoms with Gasteiger partial charge in [0, 0.05) is 38.8 Å². The van der Waals surface area contributed by atoms with Gasteiger partial charge in [0.2, 0.25) is 5.71 Å². The van der Waals surface area contributed by atoms with Gasteiger partial charge in [-0.25, -0.2) is 4.98 Å². The monoisotopic (exact) mass is 501 g/mol. The van der Waals surface area contributed by atoms with Crippen LogP contribution >= 0.6 is 0 Å². The van der Waals surface area contributed by atoms with E-state index in [1.807, 2.05) is 43.3 Å². The molecular weight excluding hydrogens is 477 g/mol. The molecule has 3 aromatic carbocycles. The Hall–Kier alpha value is -5.03. The SMILES string of the molecule is Cc1ccc2c(n1)oc1c(-c3cccc(B(c4ccccc4)c4cccc(-c5ccccc5)n4)n3)cccc12. The minimum atomic E-state index is -0.131. The standard InChI is InChI=1S/C34H24BN3O/c1-23-21-22-27-26-15-8-16-28(33(26)39-34(27)36-23)30-18-10-20-32(38-30)35(25-13-6-3-7-14-25)31-19-9-17-29(37-31)24-11-4-2-5-12-24/h2-22H,1H3. The van der Waals surface area contributed by atoms with E-state index >= 15 is 0 Å². The van der Waals surface area contributed by atoms with Gasteiger partial charge in [-0.1, -0.05) is 90.4 Å². The second-order valence-electron chi connectivity index (χ2n) is 9.69. The zero-order valence-electron chi connectivity index (χ0n) is 21.5. The van der Waals surface area contributed by atoms with E-state index in [2.05, 4.69) is 96.0 Å². The van der Waals surface area contributed by atoms with Crippen LogP contribution in [-0.4, -0.2) is 21.7 Å². The molecular formula is C34H24BN3O. The fourth-order valence-electron chi connectivity index (χ4n) is 5.26. The van der Waals surface area contributed by atoms with Crippen LogP contribution in [0.2, 0.25) is 0 Å². The van der Waals surface area contributed by atoms with E-state index in [9.17, 15) is 0 Å². The number of aromatic nitrogens is 3. The maximum absolute atomic E-state index is 6.29. The first kappa shape index (κ1) is 23.1. The summed E-state index contributed by atoms with van der Waals surface area (Å²) in [5.74, 6) is 0. The highest BCUT2D eigenvalue weighted by Crippen LogP contribution is 2.34. The highest BCUT2D eigenvalue weighted by molar-refractivity contribution is 6.94. The third kappa shape index (κ3) is 4.28. The van der Waals surface area contributed by atoms with E-state index in [1.165, 1.54) is 0 Å². The Kier molecular flexibility index (Phi) is 5.75. The van der Waals surface area contributed by atoms with Crippen LogP contribution in [0, 0.1) is 6.92 Å². The van der Waals surface area contributed by atoms with Gasteiger partial charge in [0.05, 0.1) is 11.4 Å². The van der Waals surface area contributed by atoms with Gasteiger partial charge in [-0.15, -0.1) is 0 Å². The molecule has 0 aliphatic heterocycles. The highest BCUT2D eigenvalue weighted by atomic mass is 16.3. The van der Waals surface area contributed by atoms with Crippen molar-refractivity contribution < 1.29 is 4.42 Å². The van der Waals surface area contributed by atoms with Crippen LogP contribution in [0.25, 0.3) is 44.6 Å². The Morgan fingerprint density at radius 3 is 1.97 bits per heavy atom. The number of benzene rings is 3. The van der Waals surface area contributed by atoms with Crippen molar-refractivity contribution in [1.29, 1.82) is 0 Å². The number of furan rings is 1. The van der Waals surface area contributed by atoms with Crippen molar-refractivity contribution in [3.05, 3.63) is 133 Å². The Balaban J connectivity index is 1.38. The van der Waals surface area contributed by atoms with Crippen molar-refractivity contribution in [2.75, 3.05) is 0 Å². The van der Waals surface area contributed by atoms with Crippen molar-refractivity contribution in [2.24, 2.45) is 0 Å². The highest BCUT2D eigenvalue weighted by Gasteiger charge is 2.26. The van der Waals surface area contributed by atoms with E-state index in [0.29, 0.717) is 5.71 Å². The summed E-state index contributed by atoms with van der Waals surface area (Å²) in [5, 5.41) is 2.05. The summed E-state index contributed by atoms with van der Waals surface area (Å²) in [6.45, 7) is 1.84. The maximum Gasteiger partial charge on any atom is 0.288 e. The van der Waals surface area contributed by atoms with Gasteiger partial charge in [0.25, 0.3) is 6.71 Å². The minimum absolute atomic E-state index is 0.131. The lowest BCUT2D eigenvalue weighted by molar-refractivity contribution is 0.653. The van der Waals surface area contributed by atoms with Crippen molar-refractivity contribution >= 4 is 45.4 Å². The van der Waals surface area contributed by atoms with E-state index in [4.69, 9.17) is 14.4 Å². The molecule has 39 heavy (non-hydrogen) atoms. The lowest BCUT2D eigenvalue weighted by Crippen LogP contribution is -2.54. The summed E-state index contributed by atoms with van der Waals surface area (Å²) >= 11 is 0. The fraction of sp³-hybridized carbons (Fsp3) is 0.0294. The quantitative estimate of drug-likeness (QED) is 0.275. The second kappa shape index (κ2) is 9.69. The molecule has 0 amide bonds. The maximum atomic E-state index is 6.29. The number of hydrogen-bond donors (Lipinski definition) is 0. The van der Waals surface area contributed by atoms with E-state index in [1.54, 1.807) is 0 Å². The topological polar surface area (TPSA) is 51.8 Å². The predicted octanol–water partition coefficient (Wildman–Crippen LogP) is 5.93. The van der Waals surface area contributed by atoms with Crippen LogP contribution in [0.1, 0.15) is 5.69 Å².